The molecule has 0 amide bonds. The molecule has 0 unspecified atom stereocenters. The lowest BCUT2D eigenvalue weighted by Gasteiger charge is -2.40. The van der Waals surface area contributed by atoms with Gasteiger partial charge in [-0.05, 0) is 113 Å². The Balaban J connectivity index is 1.02. The monoisotopic (exact) mass is 809 g/mol. The van der Waals surface area contributed by atoms with Crippen molar-refractivity contribution < 1.29 is 4.74 Å². The second kappa shape index (κ2) is 14.1. The fraction of sp³-hybridized carbons (Fsp3) is 0.0508. The molecular weight excluding hydrogens is 767 g/mol. The summed E-state index contributed by atoms with van der Waals surface area (Å²) in [7, 11) is -2.81. The molecule has 0 bridgehead atoms. The molecule has 12 rings (SSSR count). The zero-order valence-electron chi connectivity index (χ0n) is 34.7. The Morgan fingerprint density at radius 2 is 0.952 bits per heavy atom. The molecule has 0 atom stereocenters. The Kier molecular flexibility index (Phi) is 8.25. The second-order valence-corrected chi connectivity index (χ2v) is 21.0. The SMILES string of the molecule is CC1(C)c2cc(N(c3ccc(-c4cccc5ccccc45)cc3)c3cccc4ccccc34)ccc2-c2ccc([Si]3(c4ccccc4)c4ccccc4Oc4ccccc43)cc21. The average Bonchev–Trinajstić information content (AvgIpc) is 3.55. The van der Waals surface area contributed by atoms with Crippen LogP contribution in [0.2, 0.25) is 0 Å². The van der Waals surface area contributed by atoms with Crippen molar-refractivity contribution in [2.75, 3.05) is 4.90 Å². The van der Waals surface area contributed by atoms with Gasteiger partial charge in [-0.15, -0.1) is 0 Å². The molecule has 0 fully saturated rings. The van der Waals surface area contributed by atoms with E-state index in [1.54, 1.807) is 0 Å². The van der Waals surface area contributed by atoms with E-state index in [9.17, 15) is 0 Å². The first kappa shape index (κ1) is 36.4. The van der Waals surface area contributed by atoms with E-state index in [0.29, 0.717) is 0 Å². The molecule has 10 aromatic carbocycles. The molecule has 2 nitrogen and oxygen atoms in total. The van der Waals surface area contributed by atoms with Gasteiger partial charge in [0.1, 0.15) is 11.5 Å². The van der Waals surface area contributed by atoms with Crippen molar-refractivity contribution in [2.24, 2.45) is 0 Å². The molecule has 2 aliphatic rings. The Morgan fingerprint density at radius 1 is 0.403 bits per heavy atom. The van der Waals surface area contributed by atoms with Gasteiger partial charge in [0.2, 0.25) is 0 Å². The van der Waals surface area contributed by atoms with Crippen LogP contribution < -0.4 is 30.4 Å². The van der Waals surface area contributed by atoms with E-state index in [0.717, 1.165) is 28.6 Å². The van der Waals surface area contributed by atoms with Crippen LogP contribution in [0.15, 0.2) is 224 Å². The minimum absolute atomic E-state index is 0.268. The smallest absolute Gasteiger partial charge is 0.188 e. The van der Waals surface area contributed by atoms with Crippen LogP contribution in [0, 0.1) is 0 Å². The molecular formula is C59H43NOSi. The summed E-state index contributed by atoms with van der Waals surface area (Å²) in [6, 6.07) is 82.9. The summed E-state index contributed by atoms with van der Waals surface area (Å²) in [5.41, 5.74) is 10.9. The van der Waals surface area contributed by atoms with Crippen molar-refractivity contribution in [3.8, 4) is 33.8 Å². The lowest BCUT2D eigenvalue weighted by molar-refractivity contribution is 0.487. The van der Waals surface area contributed by atoms with Crippen LogP contribution in [0.25, 0.3) is 43.8 Å². The zero-order valence-corrected chi connectivity index (χ0v) is 35.7. The number of rotatable bonds is 6. The number of para-hydroxylation sites is 2. The minimum atomic E-state index is -2.81. The highest BCUT2D eigenvalue weighted by Gasteiger charge is 2.49. The third-order valence-corrected chi connectivity index (χ3v) is 18.4. The fourth-order valence-corrected chi connectivity index (χ4v) is 15.6. The van der Waals surface area contributed by atoms with Gasteiger partial charge in [0, 0.05) is 22.2 Å². The lowest BCUT2D eigenvalue weighted by atomic mass is 9.82. The number of benzene rings is 10. The Bertz CT molecular complexity index is 3310. The van der Waals surface area contributed by atoms with Gasteiger partial charge in [-0.3, -0.25) is 0 Å². The molecule has 0 spiro atoms. The van der Waals surface area contributed by atoms with Crippen LogP contribution in [-0.4, -0.2) is 8.07 Å². The summed E-state index contributed by atoms with van der Waals surface area (Å²) in [6.45, 7) is 4.82. The third kappa shape index (κ3) is 5.41. The van der Waals surface area contributed by atoms with Gasteiger partial charge in [-0.2, -0.15) is 0 Å². The molecule has 0 saturated carbocycles. The summed E-state index contributed by atoms with van der Waals surface area (Å²) in [6.07, 6.45) is 0. The Morgan fingerprint density at radius 3 is 1.68 bits per heavy atom. The predicted molar refractivity (Wildman–Crippen MR) is 263 cm³/mol. The maximum Gasteiger partial charge on any atom is 0.188 e. The summed E-state index contributed by atoms with van der Waals surface area (Å²) in [5.74, 6) is 1.90. The maximum atomic E-state index is 6.67. The minimum Gasteiger partial charge on any atom is -0.458 e. The maximum absolute atomic E-state index is 6.67. The van der Waals surface area contributed by atoms with Crippen molar-refractivity contribution in [3.05, 3.63) is 236 Å². The van der Waals surface area contributed by atoms with E-state index in [4.69, 9.17) is 4.74 Å². The van der Waals surface area contributed by atoms with Gasteiger partial charge in [0.05, 0.1) is 5.69 Å². The fourth-order valence-electron chi connectivity index (χ4n) is 10.7. The van der Waals surface area contributed by atoms with Crippen LogP contribution in [0.4, 0.5) is 17.1 Å². The summed E-state index contributed by atoms with van der Waals surface area (Å²) >= 11 is 0. The summed E-state index contributed by atoms with van der Waals surface area (Å²) in [4.78, 5) is 2.45. The topological polar surface area (TPSA) is 12.5 Å². The van der Waals surface area contributed by atoms with Crippen LogP contribution >= 0.6 is 0 Å². The first-order valence-electron chi connectivity index (χ1n) is 21.6. The highest BCUT2D eigenvalue weighted by molar-refractivity contribution is 7.20. The third-order valence-electron chi connectivity index (χ3n) is 13.6. The first-order chi connectivity index (χ1) is 30.5. The molecule has 0 N–H and O–H groups in total. The van der Waals surface area contributed by atoms with Crippen LogP contribution in [0.3, 0.4) is 0 Å². The van der Waals surface area contributed by atoms with E-state index in [2.05, 4.69) is 243 Å². The van der Waals surface area contributed by atoms with Gasteiger partial charge in [-0.1, -0.05) is 196 Å². The standard InChI is InChI=1S/C59H43NOSi/c1-59(2)52-38-44(60(54-25-15-19-41-17-7-9-23-49(41)54)43-32-30-42(31-33-43)48-24-14-18-40-16-6-8-22-47(40)48)34-36-50(52)51-37-35-46(39-53(51)59)62(45-20-4-3-5-21-45)57-28-12-10-26-55(57)61-56-27-11-13-29-58(56)62/h3-39H,1-2H3. The number of ether oxygens (including phenoxy) is 1. The molecule has 3 heteroatoms. The van der Waals surface area contributed by atoms with Gasteiger partial charge in [0.15, 0.2) is 8.07 Å². The molecule has 10 aromatic rings. The molecule has 1 heterocycles. The number of nitrogens with zero attached hydrogens (tertiary/aromatic N) is 1. The van der Waals surface area contributed by atoms with E-state index in [1.165, 1.54) is 75.7 Å². The quantitative estimate of drug-likeness (QED) is 0.155. The number of fused-ring (bicyclic) bond motifs is 7. The molecule has 1 aliphatic heterocycles. The number of anilines is 3. The summed E-state index contributed by atoms with van der Waals surface area (Å²) in [5, 5.41) is 10.3. The van der Waals surface area contributed by atoms with Crippen molar-refractivity contribution in [1.82, 2.24) is 0 Å². The first-order valence-corrected chi connectivity index (χ1v) is 23.6. The van der Waals surface area contributed by atoms with Crippen LogP contribution in [0.5, 0.6) is 11.5 Å². The van der Waals surface area contributed by atoms with Gasteiger partial charge < -0.3 is 9.64 Å². The summed E-state index contributed by atoms with van der Waals surface area (Å²) < 4.78 is 6.67. The Hall–Kier alpha value is -7.46. The average molecular weight is 810 g/mol. The van der Waals surface area contributed by atoms with Crippen molar-refractivity contribution in [3.63, 3.8) is 0 Å². The van der Waals surface area contributed by atoms with E-state index < -0.39 is 8.07 Å². The van der Waals surface area contributed by atoms with E-state index >= 15 is 0 Å². The Labute approximate surface area is 364 Å². The highest BCUT2D eigenvalue weighted by atomic mass is 28.3. The van der Waals surface area contributed by atoms with Gasteiger partial charge in [0.25, 0.3) is 0 Å². The molecule has 0 aromatic heterocycles. The largest absolute Gasteiger partial charge is 0.458 e. The van der Waals surface area contributed by atoms with Crippen LogP contribution in [0.1, 0.15) is 25.0 Å². The highest BCUT2D eigenvalue weighted by Crippen LogP contribution is 2.51. The lowest BCUT2D eigenvalue weighted by Crippen LogP contribution is -2.76. The zero-order chi connectivity index (χ0) is 41.4. The van der Waals surface area contributed by atoms with Crippen LogP contribution in [-0.2, 0) is 5.41 Å². The molecule has 62 heavy (non-hydrogen) atoms. The second-order valence-electron chi connectivity index (χ2n) is 17.2. The number of hydrogen-bond donors (Lipinski definition) is 0. The van der Waals surface area contributed by atoms with E-state index in [1.807, 2.05) is 0 Å². The van der Waals surface area contributed by atoms with Crippen molar-refractivity contribution in [2.45, 2.75) is 19.3 Å². The van der Waals surface area contributed by atoms with Crippen molar-refractivity contribution in [1.29, 1.82) is 0 Å². The predicted octanol–water partition coefficient (Wildman–Crippen LogP) is 12.9. The van der Waals surface area contributed by atoms with Crippen molar-refractivity contribution >= 4 is 67.4 Å². The molecule has 294 valence electrons. The number of hydrogen-bond acceptors (Lipinski definition) is 2. The normalized spacial score (nSPS) is 14.0. The van der Waals surface area contributed by atoms with E-state index in [-0.39, 0.29) is 5.41 Å². The molecule has 0 radical (unpaired) electrons. The molecule has 0 saturated heterocycles. The van der Waals surface area contributed by atoms with Gasteiger partial charge >= 0.3 is 0 Å². The molecule has 1 aliphatic carbocycles. The van der Waals surface area contributed by atoms with Gasteiger partial charge in [-0.25, -0.2) is 0 Å².